The Morgan fingerprint density at radius 1 is 1.11 bits per heavy atom. The maximum absolute atomic E-state index is 12.2. The van der Waals surface area contributed by atoms with Crippen LogP contribution in [0.15, 0.2) is 48.5 Å². The van der Waals surface area contributed by atoms with Gasteiger partial charge in [0.25, 0.3) is 0 Å². The third-order valence-corrected chi connectivity index (χ3v) is 4.12. The van der Waals surface area contributed by atoms with E-state index in [9.17, 15) is 9.59 Å². The molecule has 0 radical (unpaired) electrons. The first-order chi connectivity index (χ1) is 13.0. The molecule has 1 heterocycles. The summed E-state index contributed by atoms with van der Waals surface area (Å²) < 4.78 is 11.0. The summed E-state index contributed by atoms with van der Waals surface area (Å²) in [5.41, 5.74) is 1.43. The molecule has 0 saturated carbocycles. The number of likely N-dealkylation sites (N-methyl/N-ethyl adjacent to an activating group) is 1. The average Bonchev–Trinajstić information content (AvgIpc) is 2.67. The van der Waals surface area contributed by atoms with E-state index in [2.05, 4.69) is 5.32 Å². The quantitative estimate of drug-likeness (QED) is 0.801. The van der Waals surface area contributed by atoms with Crippen molar-refractivity contribution in [1.29, 1.82) is 0 Å². The predicted octanol–water partition coefficient (Wildman–Crippen LogP) is 3.22. The van der Waals surface area contributed by atoms with Crippen molar-refractivity contribution in [3.05, 3.63) is 59.1 Å². The van der Waals surface area contributed by atoms with Gasteiger partial charge in [-0.25, -0.2) is 0 Å². The standard InChI is InChI=1S/C20H19ClN2O4/c1-23(13-19(24)22-16-6-4-15(21)5-7-16)20(25)9-3-14-2-8-17-18(12-14)27-11-10-26-17/h2-9,12H,10-11,13H2,1H3,(H,22,24)/b9-3+. The Balaban J connectivity index is 1.54. The largest absolute Gasteiger partial charge is 0.486 e. The van der Waals surface area contributed by atoms with Crippen LogP contribution in [0.2, 0.25) is 5.02 Å². The van der Waals surface area contributed by atoms with Crippen LogP contribution in [0, 0.1) is 0 Å². The summed E-state index contributed by atoms with van der Waals surface area (Å²) in [5, 5.41) is 3.30. The van der Waals surface area contributed by atoms with Crippen LogP contribution in [-0.4, -0.2) is 43.5 Å². The molecule has 2 aromatic rings. The van der Waals surface area contributed by atoms with Crippen LogP contribution in [0.5, 0.6) is 11.5 Å². The fourth-order valence-corrected chi connectivity index (χ4v) is 2.61. The molecule has 0 saturated heterocycles. The van der Waals surface area contributed by atoms with E-state index >= 15 is 0 Å². The van der Waals surface area contributed by atoms with Crippen molar-refractivity contribution in [2.45, 2.75) is 0 Å². The summed E-state index contributed by atoms with van der Waals surface area (Å²) in [4.78, 5) is 25.6. The van der Waals surface area contributed by atoms with E-state index in [1.54, 1.807) is 37.4 Å². The van der Waals surface area contributed by atoms with Crippen LogP contribution in [0.3, 0.4) is 0 Å². The Labute approximate surface area is 162 Å². The third kappa shape index (κ3) is 5.24. The molecule has 0 fully saturated rings. The molecule has 1 N–H and O–H groups in total. The van der Waals surface area contributed by atoms with Gasteiger partial charge in [-0.15, -0.1) is 0 Å². The normalized spacial score (nSPS) is 12.7. The second kappa shape index (κ2) is 8.60. The molecule has 1 aliphatic heterocycles. The first-order valence-corrected chi connectivity index (χ1v) is 8.77. The topological polar surface area (TPSA) is 67.9 Å². The number of halogens is 1. The molecule has 3 rings (SSSR count). The molecule has 0 atom stereocenters. The molecular formula is C20H19ClN2O4. The number of ether oxygens (including phenoxy) is 2. The van der Waals surface area contributed by atoms with Gasteiger partial charge in [0, 0.05) is 23.8 Å². The van der Waals surface area contributed by atoms with E-state index in [0.717, 1.165) is 5.56 Å². The summed E-state index contributed by atoms with van der Waals surface area (Å²) in [7, 11) is 1.57. The van der Waals surface area contributed by atoms with E-state index in [1.807, 2.05) is 18.2 Å². The number of amides is 2. The van der Waals surface area contributed by atoms with Crippen LogP contribution in [0.4, 0.5) is 5.69 Å². The second-order valence-electron chi connectivity index (χ2n) is 5.99. The number of benzene rings is 2. The van der Waals surface area contributed by atoms with Crippen LogP contribution < -0.4 is 14.8 Å². The molecule has 2 aromatic carbocycles. The molecule has 0 aromatic heterocycles. The number of nitrogens with one attached hydrogen (secondary N) is 1. The number of carbonyl (C=O) groups excluding carboxylic acids is 2. The lowest BCUT2D eigenvalue weighted by molar-refractivity contribution is -0.129. The second-order valence-corrected chi connectivity index (χ2v) is 6.42. The Hall–Kier alpha value is -2.99. The van der Waals surface area contributed by atoms with E-state index in [1.165, 1.54) is 11.0 Å². The van der Waals surface area contributed by atoms with Crippen molar-refractivity contribution >= 4 is 35.2 Å². The van der Waals surface area contributed by atoms with Gasteiger partial charge in [-0.1, -0.05) is 17.7 Å². The molecule has 0 aliphatic carbocycles. The predicted molar refractivity (Wildman–Crippen MR) is 104 cm³/mol. The van der Waals surface area contributed by atoms with Crippen molar-refractivity contribution in [3.8, 4) is 11.5 Å². The summed E-state index contributed by atoms with van der Waals surface area (Å²) >= 11 is 5.81. The maximum Gasteiger partial charge on any atom is 0.246 e. The number of nitrogens with zero attached hydrogens (tertiary/aromatic N) is 1. The average molecular weight is 387 g/mol. The Morgan fingerprint density at radius 3 is 2.56 bits per heavy atom. The smallest absolute Gasteiger partial charge is 0.246 e. The van der Waals surface area contributed by atoms with Crippen LogP contribution in [0.25, 0.3) is 6.08 Å². The summed E-state index contributed by atoms with van der Waals surface area (Å²) in [5.74, 6) is 0.782. The van der Waals surface area contributed by atoms with Gasteiger partial charge in [-0.05, 0) is 48.0 Å². The Morgan fingerprint density at radius 2 is 1.81 bits per heavy atom. The highest BCUT2D eigenvalue weighted by molar-refractivity contribution is 6.30. The van der Waals surface area contributed by atoms with Crippen molar-refractivity contribution < 1.29 is 19.1 Å². The first kappa shape index (κ1) is 18.8. The fraction of sp³-hybridized carbons (Fsp3) is 0.200. The minimum Gasteiger partial charge on any atom is -0.486 e. The molecule has 27 heavy (non-hydrogen) atoms. The zero-order valence-electron chi connectivity index (χ0n) is 14.8. The number of anilines is 1. The Kier molecular flexibility index (Phi) is 5.98. The lowest BCUT2D eigenvalue weighted by Crippen LogP contribution is -2.33. The molecule has 6 nitrogen and oxygen atoms in total. The monoisotopic (exact) mass is 386 g/mol. The van der Waals surface area contributed by atoms with Gasteiger partial charge in [0.15, 0.2) is 11.5 Å². The highest BCUT2D eigenvalue weighted by atomic mass is 35.5. The molecule has 2 amide bonds. The van der Waals surface area contributed by atoms with Gasteiger partial charge < -0.3 is 19.7 Å². The molecular weight excluding hydrogens is 368 g/mol. The lowest BCUT2D eigenvalue weighted by Gasteiger charge is -2.18. The van der Waals surface area contributed by atoms with Gasteiger partial charge in [0.05, 0.1) is 6.54 Å². The molecule has 140 valence electrons. The lowest BCUT2D eigenvalue weighted by atomic mass is 10.2. The Bertz CT molecular complexity index is 865. The summed E-state index contributed by atoms with van der Waals surface area (Å²) in [6, 6.07) is 12.2. The van der Waals surface area contributed by atoms with Crippen LogP contribution >= 0.6 is 11.6 Å². The van der Waals surface area contributed by atoms with E-state index in [4.69, 9.17) is 21.1 Å². The molecule has 1 aliphatic rings. The first-order valence-electron chi connectivity index (χ1n) is 8.39. The van der Waals surface area contributed by atoms with E-state index in [0.29, 0.717) is 35.4 Å². The van der Waals surface area contributed by atoms with Crippen molar-refractivity contribution in [1.82, 2.24) is 4.90 Å². The molecule has 0 bridgehead atoms. The van der Waals surface area contributed by atoms with Crippen molar-refractivity contribution in [3.63, 3.8) is 0 Å². The minimum atomic E-state index is -0.291. The SMILES string of the molecule is CN(CC(=O)Nc1ccc(Cl)cc1)C(=O)/C=C/c1ccc2c(c1)OCCO2. The number of rotatable bonds is 5. The number of carbonyl (C=O) groups is 2. The minimum absolute atomic E-state index is 0.0626. The van der Waals surface area contributed by atoms with E-state index < -0.39 is 0 Å². The zero-order chi connectivity index (χ0) is 19.2. The van der Waals surface area contributed by atoms with Crippen molar-refractivity contribution in [2.75, 3.05) is 32.1 Å². The molecule has 0 spiro atoms. The van der Waals surface area contributed by atoms with Gasteiger partial charge in [0.1, 0.15) is 13.2 Å². The van der Waals surface area contributed by atoms with E-state index in [-0.39, 0.29) is 18.4 Å². The maximum atomic E-state index is 12.2. The van der Waals surface area contributed by atoms with Gasteiger partial charge in [0.2, 0.25) is 11.8 Å². The highest BCUT2D eigenvalue weighted by Crippen LogP contribution is 2.31. The van der Waals surface area contributed by atoms with Crippen molar-refractivity contribution in [2.24, 2.45) is 0 Å². The van der Waals surface area contributed by atoms with Crippen LogP contribution in [-0.2, 0) is 9.59 Å². The molecule has 7 heteroatoms. The number of hydrogen-bond acceptors (Lipinski definition) is 4. The van der Waals surface area contributed by atoms with Crippen LogP contribution in [0.1, 0.15) is 5.56 Å². The number of fused-ring (bicyclic) bond motifs is 1. The number of hydrogen-bond donors (Lipinski definition) is 1. The summed E-state index contributed by atoms with van der Waals surface area (Å²) in [6.07, 6.45) is 3.09. The van der Waals surface area contributed by atoms with Gasteiger partial charge >= 0.3 is 0 Å². The summed E-state index contributed by atoms with van der Waals surface area (Å²) in [6.45, 7) is 0.973. The van der Waals surface area contributed by atoms with Gasteiger partial charge in [-0.2, -0.15) is 0 Å². The van der Waals surface area contributed by atoms with Gasteiger partial charge in [-0.3, -0.25) is 9.59 Å². The highest BCUT2D eigenvalue weighted by Gasteiger charge is 2.12. The fourth-order valence-electron chi connectivity index (χ4n) is 2.49. The molecule has 0 unspecified atom stereocenters. The zero-order valence-corrected chi connectivity index (χ0v) is 15.5. The third-order valence-electron chi connectivity index (χ3n) is 3.87.